The third kappa shape index (κ3) is 3.39. The zero-order valence-corrected chi connectivity index (χ0v) is 13.6. The topological polar surface area (TPSA) is 69.0 Å². The number of benzene rings is 1. The number of nitrogens with one attached hydrogen (secondary N) is 1. The second-order valence-electron chi connectivity index (χ2n) is 4.86. The summed E-state index contributed by atoms with van der Waals surface area (Å²) in [5.74, 6) is 0.373. The van der Waals surface area contributed by atoms with E-state index in [-0.39, 0.29) is 5.91 Å². The summed E-state index contributed by atoms with van der Waals surface area (Å²) in [5.41, 5.74) is 1.71. The number of aromatic nitrogens is 3. The number of amides is 1. The molecule has 0 bridgehead atoms. The molecule has 0 atom stereocenters. The Kier molecular flexibility index (Phi) is 5.38. The van der Waals surface area contributed by atoms with Gasteiger partial charge < -0.3 is 10.1 Å². The van der Waals surface area contributed by atoms with Crippen LogP contribution in [0, 0.1) is 6.92 Å². The van der Waals surface area contributed by atoms with E-state index in [1.807, 2.05) is 6.07 Å². The van der Waals surface area contributed by atoms with Crippen LogP contribution in [0.4, 0.5) is 0 Å². The second-order valence-corrected chi connectivity index (χ2v) is 5.27. The summed E-state index contributed by atoms with van der Waals surface area (Å²) in [5, 5.41) is 11.3. The van der Waals surface area contributed by atoms with Crippen molar-refractivity contribution in [3.63, 3.8) is 0 Å². The molecule has 0 saturated heterocycles. The molecule has 7 heteroatoms. The number of carbonyl (C=O) groups is 1. The maximum atomic E-state index is 12.1. The van der Waals surface area contributed by atoms with Crippen LogP contribution in [-0.2, 0) is 0 Å². The molecule has 1 aromatic carbocycles. The fraction of sp³-hybridized carbons (Fsp3) is 0.400. The van der Waals surface area contributed by atoms with Crippen LogP contribution in [0.5, 0.6) is 5.75 Å². The molecule has 0 saturated carbocycles. The summed E-state index contributed by atoms with van der Waals surface area (Å²) >= 11 is 6.12. The van der Waals surface area contributed by atoms with Crippen molar-refractivity contribution >= 4 is 17.5 Å². The number of methoxy groups -OCH3 is 1. The molecule has 0 spiro atoms. The van der Waals surface area contributed by atoms with Gasteiger partial charge in [0.1, 0.15) is 5.75 Å². The predicted molar refractivity (Wildman–Crippen MR) is 84.9 cm³/mol. The fourth-order valence-electron chi connectivity index (χ4n) is 2.03. The number of nitrogens with zero attached hydrogens (tertiary/aromatic N) is 3. The van der Waals surface area contributed by atoms with Crippen LogP contribution in [0.3, 0.4) is 0 Å². The third-order valence-electron chi connectivity index (χ3n) is 3.31. The summed E-state index contributed by atoms with van der Waals surface area (Å²) < 4.78 is 6.71. The number of unbranched alkanes of at least 4 members (excludes halogenated alkanes) is 1. The summed E-state index contributed by atoms with van der Waals surface area (Å²) in [7, 11) is 1.56. The summed E-state index contributed by atoms with van der Waals surface area (Å²) in [6, 6.07) is 5.28. The Hall–Kier alpha value is -2.08. The highest BCUT2D eigenvalue weighted by molar-refractivity contribution is 6.32. The minimum absolute atomic E-state index is 0.211. The zero-order chi connectivity index (χ0) is 16.1. The van der Waals surface area contributed by atoms with Crippen LogP contribution in [-0.4, -0.2) is 34.6 Å². The first-order chi connectivity index (χ1) is 10.6. The lowest BCUT2D eigenvalue weighted by molar-refractivity contribution is 0.0947. The largest absolute Gasteiger partial charge is 0.495 e. The van der Waals surface area contributed by atoms with Crippen molar-refractivity contribution in [2.24, 2.45) is 0 Å². The van der Waals surface area contributed by atoms with Crippen LogP contribution in [0.1, 0.15) is 35.9 Å². The molecule has 118 valence electrons. The lowest BCUT2D eigenvalue weighted by Gasteiger charge is -2.07. The maximum absolute atomic E-state index is 12.1. The number of carbonyl (C=O) groups excluding carboxylic acids is 1. The van der Waals surface area contributed by atoms with E-state index in [0.717, 1.165) is 18.5 Å². The van der Waals surface area contributed by atoms with Crippen LogP contribution < -0.4 is 10.1 Å². The van der Waals surface area contributed by atoms with Gasteiger partial charge in [-0.2, -0.15) is 0 Å². The van der Waals surface area contributed by atoms with Crippen LogP contribution in [0.15, 0.2) is 18.2 Å². The lowest BCUT2D eigenvalue weighted by Crippen LogP contribution is -2.25. The minimum atomic E-state index is -0.211. The number of halogens is 1. The van der Waals surface area contributed by atoms with Crippen LogP contribution in [0.25, 0.3) is 5.69 Å². The molecule has 0 unspecified atom stereocenters. The van der Waals surface area contributed by atoms with Gasteiger partial charge in [-0.1, -0.05) is 30.2 Å². The molecule has 0 aliphatic carbocycles. The van der Waals surface area contributed by atoms with Gasteiger partial charge in [0.25, 0.3) is 5.91 Å². The molecule has 0 radical (unpaired) electrons. The smallest absolute Gasteiger partial charge is 0.273 e. The van der Waals surface area contributed by atoms with E-state index in [1.54, 1.807) is 30.8 Å². The zero-order valence-electron chi connectivity index (χ0n) is 12.9. The van der Waals surface area contributed by atoms with E-state index in [9.17, 15) is 4.79 Å². The average Bonchev–Trinajstić information content (AvgIpc) is 2.89. The Balaban J connectivity index is 2.23. The first-order valence-corrected chi connectivity index (χ1v) is 7.50. The van der Waals surface area contributed by atoms with Gasteiger partial charge in [-0.05, 0) is 31.5 Å². The molecule has 1 amide bonds. The molecule has 22 heavy (non-hydrogen) atoms. The van der Waals surface area contributed by atoms with Gasteiger partial charge in [0.2, 0.25) is 0 Å². The van der Waals surface area contributed by atoms with Gasteiger partial charge in [0.15, 0.2) is 5.69 Å². The van der Waals surface area contributed by atoms with E-state index in [2.05, 4.69) is 22.6 Å². The molecule has 0 aliphatic rings. The average molecular weight is 323 g/mol. The molecule has 1 N–H and O–H groups in total. The number of ether oxygens (including phenoxy) is 1. The molecule has 2 aromatic rings. The standard InChI is InChI=1S/C15H19ClN4O2/c1-4-5-8-17-15(21)14-10(2)20(19-18-14)11-6-7-13(22-3)12(16)9-11/h6-7,9H,4-5,8H2,1-3H3,(H,17,21). The maximum Gasteiger partial charge on any atom is 0.273 e. The fourth-order valence-corrected chi connectivity index (χ4v) is 2.29. The van der Waals surface area contributed by atoms with Gasteiger partial charge >= 0.3 is 0 Å². The van der Waals surface area contributed by atoms with Gasteiger partial charge in [-0.25, -0.2) is 4.68 Å². The van der Waals surface area contributed by atoms with E-state index in [4.69, 9.17) is 16.3 Å². The van der Waals surface area contributed by atoms with Crippen LogP contribution >= 0.6 is 11.6 Å². The van der Waals surface area contributed by atoms with Gasteiger partial charge in [0, 0.05) is 6.54 Å². The highest BCUT2D eigenvalue weighted by Crippen LogP contribution is 2.26. The number of rotatable bonds is 6. The molecule has 2 rings (SSSR count). The quantitative estimate of drug-likeness (QED) is 0.830. The van der Waals surface area contributed by atoms with E-state index < -0.39 is 0 Å². The van der Waals surface area contributed by atoms with Gasteiger partial charge in [-0.3, -0.25) is 4.79 Å². The first-order valence-electron chi connectivity index (χ1n) is 7.12. The highest BCUT2D eigenvalue weighted by atomic mass is 35.5. The van der Waals surface area contributed by atoms with Gasteiger partial charge in [-0.15, -0.1) is 5.10 Å². The van der Waals surface area contributed by atoms with Gasteiger partial charge in [0.05, 0.1) is 23.5 Å². The molecular weight excluding hydrogens is 304 g/mol. The molecule has 1 aromatic heterocycles. The SMILES string of the molecule is CCCCNC(=O)c1nnn(-c2ccc(OC)c(Cl)c2)c1C. The Morgan fingerprint density at radius 3 is 2.86 bits per heavy atom. The Morgan fingerprint density at radius 2 is 2.23 bits per heavy atom. The van der Waals surface area contributed by atoms with Crippen molar-refractivity contribution in [1.29, 1.82) is 0 Å². The monoisotopic (exact) mass is 322 g/mol. The molecule has 0 aliphatic heterocycles. The first kappa shape index (κ1) is 16.3. The number of hydrogen-bond acceptors (Lipinski definition) is 4. The molecular formula is C15H19ClN4O2. The summed E-state index contributed by atoms with van der Waals surface area (Å²) in [6.45, 7) is 4.50. The predicted octanol–water partition coefficient (Wildman–Crippen LogP) is 2.77. The normalized spacial score (nSPS) is 10.5. The second kappa shape index (κ2) is 7.26. The molecule has 6 nitrogen and oxygen atoms in total. The lowest BCUT2D eigenvalue weighted by atomic mass is 10.2. The van der Waals surface area contributed by atoms with Crippen molar-refractivity contribution in [1.82, 2.24) is 20.3 Å². The van der Waals surface area contributed by atoms with Crippen molar-refractivity contribution < 1.29 is 9.53 Å². The van der Waals surface area contributed by atoms with Crippen molar-refractivity contribution in [3.05, 3.63) is 34.6 Å². The molecule has 0 fully saturated rings. The minimum Gasteiger partial charge on any atom is -0.495 e. The van der Waals surface area contributed by atoms with E-state index in [0.29, 0.717) is 28.7 Å². The highest BCUT2D eigenvalue weighted by Gasteiger charge is 2.17. The summed E-state index contributed by atoms with van der Waals surface area (Å²) in [6.07, 6.45) is 1.96. The van der Waals surface area contributed by atoms with Crippen molar-refractivity contribution in [3.8, 4) is 11.4 Å². The van der Waals surface area contributed by atoms with E-state index >= 15 is 0 Å². The van der Waals surface area contributed by atoms with Crippen molar-refractivity contribution in [2.45, 2.75) is 26.7 Å². The number of hydrogen-bond donors (Lipinski definition) is 1. The Bertz CT molecular complexity index is 670. The third-order valence-corrected chi connectivity index (χ3v) is 3.60. The summed E-state index contributed by atoms with van der Waals surface area (Å²) in [4.78, 5) is 12.1. The molecule has 1 heterocycles. The van der Waals surface area contributed by atoms with Crippen LogP contribution in [0.2, 0.25) is 5.02 Å². The Morgan fingerprint density at radius 1 is 1.45 bits per heavy atom. The Labute approximate surface area is 134 Å². The van der Waals surface area contributed by atoms with E-state index in [1.165, 1.54) is 0 Å². The van der Waals surface area contributed by atoms with Crippen molar-refractivity contribution in [2.75, 3.05) is 13.7 Å².